The lowest BCUT2D eigenvalue weighted by molar-refractivity contribution is 0.669. The average molecular weight is 690 g/mol. The summed E-state index contributed by atoms with van der Waals surface area (Å²) in [6, 6.07) is 75.9. The summed E-state index contributed by atoms with van der Waals surface area (Å²) in [6.45, 7) is 0. The number of hydrogen-bond donors (Lipinski definition) is 0. The number of hydrogen-bond acceptors (Lipinski definition) is 2. The van der Waals surface area contributed by atoms with Crippen molar-refractivity contribution in [3.63, 3.8) is 0 Å². The Labute approximate surface area is 314 Å². The molecular weight excluding hydrogens is 655 g/mol. The van der Waals surface area contributed by atoms with Gasteiger partial charge in [0.2, 0.25) is 0 Å². The number of benzene rings is 9. The molecule has 0 saturated heterocycles. The van der Waals surface area contributed by atoms with Crippen molar-refractivity contribution in [3.8, 4) is 44.5 Å². The van der Waals surface area contributed by atoms with Gasteiger partial charge in [0.25, 0.3) is 0 Å². The van der Waals surface area contributed by atoms with Crippen molar-refractivity contribution in [2.75, 3.05) is 4.90 Å². The van der Waals surface area contributed by atoms with Crippen LogP contribution in [0.4, 0.5) is 17.1 Å². The molecule has 0 bridgehead atoms. The molecule has 0 atom stereocenters. The summed E-state index contributed by atoms with van der Waals surface area (Å²) in [5.41, 5.74) is 14.5. The molecule has 2 heteroatoms. The van der Waals surface area contributed by atoms with Crippen molar-refractivity contribution >= 4 is 49.8 Å². The normalized spacial score (nSPS) is 11.3. The lowest BCUT2D eigenvalue weighted by Crippen LogP contribution is -2.09. The number of anilines is 3. The molecule has 0 aliphatic heterocycles. The summed E-state index contributed by atoms with van der Waals surface area (Å²) in [4.78, 5) is 2.34. The van der Waals surface area contributed by atoms with Gasteiger partial charge in [0.1, 0.15) is 11.2 Å². The van der Waals surface area contributed by atoms with Crippen LogP contribution in [0, 0.1) is 0 Å². The van der Waals surface area contributed by atoms with Crippen LogP contribution in [0.3, 0.4) is 0 Å². The predicted molar refractivity (Wildman–Crippen MR) is 228 cm³/mol. The maximum atomic E-state index is 6.38. The monoisotopic (exact) mass is 689 g/mol. The van der Waals surface area contributed by atoms with E-state index in [9.17, 15) is 0 Å². The highest BCUT2D eigenvalue weighted by atomic mass is 16.3. The predicted octanol–water partition coefficient (Wildman–Crippen LogP) is 14.9. The van der Waals surface area contributed by atoms with Crippen LogP contribution < -0.4 is 4.90 Å². The van der Waals surface area contributed by atoms with E-state index < -0.39 is 0 Å². The van der Waals surface area contributed by atoms with Crippen LogP contribution in [0.1, 0.15) is 0 Å². The third-order valence-electron chi connectivity index (χ3n) is 10.5. The maximum Gasteiger partial charge on any atom is 0.136 e. The zero-order valence-electron chi connectivity index (χ0n) is 29.6. The van der Waals surface area contributed by atoms with E-state index in [1.807, 2.05) is 12.1 Å². The Morgan fingerprint density at radius 1 is 0.278 bits per heavy atom. The Hall–Kier alpha value is -7.16. The van der Waals surface area contributed by atoms with Gasteiger partial charge in [-0.25, -0.2) is 0 Å². The van der Waals surface area contributed by atoms with E-state index in [2.05, 4.69) is 205 Å². The molecule has 0 amide bonds. The van der Waals surface area contributed by atoms with E-state index in [0.29, 0.717) is 0 Å². The van der Waals surface area contributed by atoms with Crippen LogP contribution >= 0.6 is 0 Å². The first kappa shape index (κ1) is 31.6. The minimum atomic E-state index is 0.890. The van der Waals surface area contributed by atoms with Crippen molar-refractivity contribution < 1.29 is 4.42 Å². The summed E-state index contributed by atoms with van der Waals surface area (Å²) in [7, 11) is 0. The standard InChI is InChI=1S/C52H35NO/c1-3-12-36(13-4-1)37-22-28-42(29-23-37)53(43-30-24-40(25-31-43)46-20-11-17-38-16-7-8-18-45(38)46)44-32-26-41(27-33-44)49-35-52-50(47-19-9-10-21-51(47)54-52)34-48(49)39-14-5-2-6-15-39/h1-35H. The molecule has 0 spiro atoms. The average Bonchev–Trinajstić information content (AvgIpc) is 3.62. The van der Waals surface area contributed by atoms with Gasteiger partial charge in [-0.05, 0) is 110 Å². The van der Waals surface area contributed by atoms with Gasteiger partial charge in [-0.3, -0.25) is 0 Å². The van der Waals surface area contributed by atoms with Crippen LogP contribution in [0.15, 0.2) is 217 Å². The summed E-state index contributed by atoms with van der Waals surface area (Å²) in [5.74, 6) is 0. The fraction of sp³-hybridized carbons (Fsp3) is 0. The molecule has 0 unspecified atom stereocenters. The molecule has 254 valence electrons. The minimum Gasteiger partial charge on any atom is -0.456 e. The fourth-order valence-corrected chi connectivity index (χ4v) is 7.80. The Morgan fingerprint density at radius 2 is 0.741 bits per heavy atom. The van der Waals surface area contributed by atoms with Crippen LogP contribution in [-0.4, -0.2) is 0 Å². The van der Waals surface area contributed by atoms with Gasteiger partial charge in [-0.1, -0.05) is 158 Å². The molecule has 0 aliphatic rings. The van der Waals surface area contributed by atoms with Crippen LogP contribution in [0.2, 0.25) is 0 Å². The fourth-order valence-electron chi connectivity index (χ4n) is 7.80. The van der Waals surface area contributed by atoms with E-state index in [0.717, 1.165) is 50.1 Å². The Balaban J connectivity index is 1.08. The highest BCUT2D eigenvalue weighted by Crippen LogP contribution is 2.42. The van der Waals surface area contributed by atoms with E-state index >= 15 is 0 Å². The molecule has 0 radical (unpaired) electrons. The molecular formula is C52H35NO. The molecule has 10 aromatic rings. The summed E-state index contributed by atoms with van der Waals surface area (Å²) in [5, 5.41) is 4.76. The van der Waals surface area contributed by atoms with Crippen LogP contribution in [0.5, 0.6) is 0 Å². The molecule has 10 rings (SSSR count). The first-order valence-electron chi connectivity index (χ1n) is 18.4. The van der Waals surface area contributed by atoms with Crippen molar-refractivity contribution in [3.05, 3.63) is 212 Å². The zero-order valence-corrected chi connectivity index (χ0v) is 29.6. The Kier molecular flexibility index (Phi) is 7.85. The lowest BCUT2D eigenvalue weighted by atomic mass is 9.92. The second-order valence-electron chi connectivity index (χ2n) is 13.7. The summed E-state index contributed by atoms with van der Waals surface area (Å²) in [6.07, 6.45) is 0. The Bertz CT molecular complexity index is 2880. The van der Waals surface area contributed by atoms with Crippen LogP contribution in [0.25, 0.3) is 77.2 Å². The second kappa shape index (κ2) is 13.4. The molecule has 9 aromatic carbocycles. The van der Waals surface area contributed by atoms with E-state index in [1.165, 1.54) is 44.2 Å². The van der Waals surface area contributed by atoms with Crippen molar-refractivity contribution in [2.24, 2.45) is 0 Å². The molecule has 0 N–H and O–H groups in total. The third-order valence-corrected chi connectivity index (χ3v) is 10.5. The SMILES string of the molecule is c1ccc(-c2ccc(N(c3ccc(-c4cc5oc6ccccc6c5cc4-c4ccccc4)cc3)c3ccc(-c4cccc5ccccc45)cc3)cc2)cc1. The van der Waals surface area contributed by atoms with Gasteiger partial charge >= 0.3 is 0 Å². The molecule has 0 aliphatic carbocycles. The topological polar surface area (TPSA) is 16.4 Å². The first-order valence-corrected chi connectivity index (χ1v) is 18.4. The highest BCUT2D eigenvalue weighted by Gasteiger charge is 2.17. The molecule has 0 fully saturated rings. The molecule has 1 aromatic heterocycles. The second-order valence-corrected chi connectivity index (χ2v) is 13.7. The van der Waals surface area contributed by atoms with Crippen molar-refractivity contribution in [1.29, 1.82) is 0 Å². The highest BCUT2D eigenvalue weighted by molar-refractivity contribution is 6.09. The minimum absolute atomic E-state index is 0.890. The number of nitrogens with zero attached hydrogens (tertiary/aromatic N) is 1. The number of furan rings is 1. The van der Waals surface area contributed by atoms with Gasteiger partial charge in [0.05, 0.1) is 0 Å². The lowest BCUT2D eigenvalue weighted by Gasteiger charge is -2.26. The Morgan fingerprint density at radius 3 is 1.41 bits per heavy atom. The maximum absolute atomic E-state index is 6.38. The first-order chi connectivity index (χ1) is 26.8. The molecule has 54 heavy (non-hydrogen) atoms. The van der Waals surface area contributed by atoms with Gasteiger partial charge in [-0.15, -0.1) is 0 Å². The number of fused-ring (bicyclic) bond motifs is 4. The van der Waals surface area contributed by atoms with E-state index in [1.54, 1.807) is 0 Å². The zero-order chi connectivity index (χ0) is 35.8. The van der Waals surface area contributed by atoms with Gasteiger partial charge in [-0.2, -0.15) is 0 Å². The summed E-state index contributed by atoms with van der Waals surface area (Å²) >= 11 is 0. The van der Waals surface area contributed by atoms with Gasteiger partial charge in [0.15, 0.2) is 0 Å². The number of para-hydroxylation sites is 1. The molecule has 1 heterocycles. The summed E-state index contributed by atoms with van der Waals surface area (Å²) < 4.78 is 6.38. The molecule has 0 saturated carbocycles. The number of rotatable bonds is 7. The molecule has 2 nitrogen and oxygen atoms in total. The van der Waals surface area contributed by atoms with Crippen molar-refractivity contribution in [2.45, 2.75) is 0 Å². The van der Waals surface area contributed by atoms with Crippen LogP contribution in [-0.2, 0) is 0 Å². The van der Waals surface area contributed by atoms with Gasteiger partial charge in [0, 0.05) is 27.8 Å². The van der Waals surface area contributed by atoms with Crippen molar-refractivity contribution in [1.82, 2.24) is 0 Å². The van der Waals surface area contributed by atoms with Gasteiger partial charge < -0.3 is 9.32 Å². The van der Waals surface area contributed by atoms with E-state index in [4.69, 9.17) is 4.42 Å². The van der Waals surface area contributed by atoms with E-state index in [-0.39, 0.29) is 0 Å². The third kappa shape index (κ3) is 5.71. The quantitative estimate of drug-likeness (QED) is 0.166. The largest absolute Gasteiger partial charge is 0.456 e. The smallest absolute Gasteiger partial charge is 0.136 e.